The molecular formula is C12H14N2O4. The van der Waals surface area contributed by atoms with Crippen LogP contribution < -0.4 is 10.1 Å². The monoisotopic (exact) mass is 250 g/mol. The second-order valence-corrected chi connectivity index (χ2v) is 4.15. The molecule has 0 unspecified atom stereocenters. The van der Waals surface area contributed by atoms with Gasteiger partial charge in [0.1, 0.15) is 5.75 Å². The van der Waals surface area contributed by atoms with E-state index in [2.05, 4.69) is 10.3 Å². The van der Waals surface area contributed by atoms with Gasteiger partial charge in [0.15, 0.2) is 0 Å². The molecule has 0 aromatic carbocycles. The number of carbonyl (C=O) groups is 2. The number of hydrogen-bond acceptors (Lipinski definition) is 4. The quantitative estimate of drug-likeness (QED) is 0.780. The van der Waals surface area contributed by atoms with Gasteiger partial charge in [-0.3, -0.25) is 9.78 Å². The van der Waals surface area contributed by atoms with Gasteiger partial charge in [0, 0.05) is 12.2 Å². The number of nitrogens with one attached hydrogen (secondary N) is 1. The number of carboxylic acids is 1. The van der Waals surface area contributed by atoms with Gasteiger partial charge in [-0.15, -0.1) is 0 Å². The van der Waals surface area contributed by atoms with Crippen molar-refractivity contribution in [1.82, 2.24) is 10.3 Å². The molecule has 0 spiro atoms. The van der Waals surface area contributed by atoms with E-state index in [0.717, 1.165) is 12.8 Å². The van der Waals surface area contributed by atoms with Crippen molar-refractivity contribution in [2.75, 3.05) is 6.61 Å². The number of nitrogens with zero attached hydrogens (tertiary/aromatic N) is 1. The first-order valence-electron chi connectivity index (χ1n) is 5.75. The molecule has 1 heterocycles. The predicted octanol–water partition coefficient (Wildman–Crippen LogP) is 0.827. The second-order valence-electron chi connectivity index (χ2n) is 4.15. The van der Waals surface area contributed by atoms with Gasteiger partial charge in [-0.1, -0.05) is 0 Å². The maximum atomic E-state index is 11.4. The minimum absolute atomic E-state index is 0.0418. The summed E-state index contributed by atoms with van der Waals surface area (Å²) >= 11 is 0. The Morgan fingerprint density at radius 3 is 2.89 bits per heavy atom. The summed E-state index contributed by atoms with van der Waals surface area (Å²) in [4.78, 5) is 25.8. The fourth-order valence-electron chi connectivity index (χ4n) is 1.40. The van der Waals surface area contributed by atoms with Crippen LogP contribution in [0.1, 0.15) is 29.6 Å². The van der Waals surface area contributed by atoms with Gasteiger partial charge in [0.25, 0.3) is 0 Å². The molecule has 0 radical (unpaired) electrons. The Hall–Kier alpha value is -2.11. The molecule has 18 heavy (non-hydrogen) atoms. The number of rotatable bonds is 6. The molecule has 6 heteroatoms. The minimum Gasteiger partial charge on any atom is -0.491 e. The highest BCUT2D eigenvalue weighted by Crippen LogP contribution is 2.18. The summed E-state index contributed by atoms with van der Waals surface area (Å²) in [6.07, 6.45) is 5.03. The fraction of sp³-hybridized carbons (Fsp3) is 0.417. The Morgan fingerprint density at radius 1 is 1.44 bits per heavy atom. The molecule has 1 fully saturated rings. The van der Waals surface area contributed by atoms with E-state index in [1.54, 1.807) is 0 Å². The van der Waals surface area contributed by atoms with Crippen LogP contribution in [-0.4, -0.2) is 34.6 Å². The summed E-state index contributed by atoms with van der Waals surface area (Å²) in [7, 11) is 0. The second kappa shape index (κ2) is 5.48. The van der Waals surface area contributed by atoms with Gasteiger partial charge in [-0.25, -0.2) is 4.79 Å². The molecule has 96 valence electrons. The van der Waals surface area contributed by atoms with E-state index in [1.165, 1.54) is 18.5 Å². The van der Waals surface area contributed by atoms with E-state index in [9.17, 15) is 9.59 Å². The molecule has 0 atom stereocenters. The molecule has 1 aromatic heterocycles. The number of carboxylic acid groups (broad SMARTS) is 1. The van der Waals surface area contributed by atoms with Crippen molar-refractivity contribution in [3.05, 3.63) is 24.0 Å². The van der Waals surface area contributed by atoms with E-state index < -0.39 is 5.97 Å². The summed E-state index contributed by atoms with van der Waals surface area (Å²) in [6.45, 7) is 0.212. The topological polar surface area (TPSA) is 88.5 Å². The third-order valence-corrected chi connectivity index (χ3v) is 2.50. The van der Waals surface area contributed by atoms with Crippen LogP contribution >= 0.6 is 0 Å². The number of aromatic nitrogens is 1. The number of pyridine rings is 1. The highest BCUT2D eigenvalue weighted by atomic mass is 16.5. The normalized spacial score (nSPS) is 14.0. The van der Waals surface area contributed by atoms with Gasteiger partial charge >= 0.3 is 5.97 Å². The van der Waals surface area contributed by atoms with Crippen molar-refractivity contribution >= 4 is 11.9 Å². The smallest absolute Gasteiger partial charge is 0.337 e. The van der Waals surface area contributed by atoms with Gasteiger partial charge in [0.05, 0.1) is 24.8 Å². The van der Waals surface area contributed by atoms with E-state index in [1.807, 2.05) is 0 Å². The van der Waals surface area contributed by atoms with Crippen LogP contribution in [-0.2, 0) is 4.79 Å². The zero-order valence-electron chi connectivity index (χ0n) is 9.76. The predicted molar refractivity (Wildman–Crippen MR) is 62.5 cm³/mol. The first-order valence-corrected chi connectivity index (χ1v) is 5.75. The lowest BCUT2D eigenvalue weighted by Gasteiger charge is -2.06. The Labute approximate surface area is 104 Å². The summed E-state index contributed by atoms with van der Waals surface area (Å²) < 4.78 is 5.28. The number of aromatic carboxylic acids is 1. The summed E-state index contributed by atoms with van der Waals surface area (Å²) in [5.74, 6) is -0.742. The van der Waals surface area contributed by atoms with Crippen LogP contribution in [0, 0.1) is 0 Å². The molecule has 1 saturated carbocycles. The fourth-order valence-corrected chi connectivity index (χ4v) is 1.40. The first kappa shape index (κ1) is 12.3. The molecule has 0 saturated heterocycles. The molecule has 1 aromatic rings. The maximum Gasteiger partial charge on any atom is 0.337 e. The lowest BCUT2D eigenvalue weighted by atomic mass is 10.3. The van der Waals surface area contributed by atoms with Crippen molar-refractivity contribution in [3.63, 3.8) is 0 Å². The third-order valence-electron chi connectivity index (χ3n) is 2.50. The summed E-state index contributed by atoms with van der Waals surface area (Å²) in [5.41, 5.74) is 0.0648. The number of carbonyl (C=O) groups excluding carboxylic acids is 1. The van der Waals surface area contributed by atoms with Crippen LogP contribution in [0.3, 0.4) is 0 Å². The highest BCUT2D eigenvalue weighted by Gasteiger charge is 2.22. The summed E-state index contributed by atoms with van der Waals surface area (Å²) in [5, 5.41) is 11.6. The highest BCUT2D eigenvalue weighted by molar-refractivity contribution is 5.87. The van der Waals surface area contributed by atoms with Crippen molar-refractivity contribution in [2.45, 2.75) is 25.3 Å². The van der Waals surface area contributed by atoms with Crippen LogP contribution in [0.25, 0.3) is 0 Å². The van der Waals surface area contributed by atoms with Crippen LogP contribution in [0.4, 0.5) is 0 Å². The van der Waals surface area contributed by atoms with E-state index in [0.29, 0.717) is 11.8 Å². The molecule has 1 amide bonds. The average molecular weight is 250 g/mol. The molecule has 2 rings (SSSR count). The maximum absolute atomic E-state index is 11.4. The van der Waals surface area contributed by atoms with Crippen molar-refractivity contribution in [1.29, 1.82) is 0 Å². The number of hydrogen-bond donors (Lipinski definition) is 2. The Kier molecular flexibility index (Phi) is 3.76. The van der Waals surface area contributed by atoms with E-state index in [-0.39, 0.29) is 24.5 Å². The summed E-state index contributed by atoms with van der Waals surface area (Å²) in [6, 6.07) is 1.73. The Morgan fingerprint density at radius 2 is 2.22 bits per heavy atom. The van der Waals surface area contributed by atoms with Crippen molar-refractivity contribution < 1.29 is 19.4 Å². The SMILES string of the molecule is O=C(CCOc1cncc(C(=O)O)c1)NC1CC1. The lowest BCUT2D eigenvalue weighted by Crippen LogP contribution is -2.26. The zero-order chi connectivity index (χ0) is 13.0. The number of amides is 1. The van der Waals surface area contributed by atoms with E-state index >= 15 is 0 Å². The molecule has 1 aliphatic rings. The van der Waals surface area contributed by atoms with Crippen molar-refractivity contribution in [2.24, 2.45) is 0 Å². The molecule has 6 nitrogen and oxygen atoms in total. The molecule has 0 aliphatic heterocycles. The molecule has 0 bridgehead atoms. The van der Waals surface area contributed by atoms with Gasteiger partial charge in [-0.2, -0.15) is 0 Å². The molecule has 1 aliphatic carbocycles. The van der Waals surface area contributed by atoms with Crippen LogP contribution in [0.2, 0.25) is 0 Å². The van der Waals surface area contributed by atoms with Crippen molar-refractivity contribution in [3.8, 4) is 5.75 Å². The largest absolute Gasteiger partial charge is 0.491 e. The minimum atomic E-state index is -1.06. The third kappa shape index (κ3) is 3.73. The first-order chi connectivity index (χ1) is 8.65. The Balaban J connectivity index is 1.76. The Bertz CT molecular complexity index is 457. The molecular weight excluding hydrogens is 236 g/mol. The van der Waals surface area contributed by atoms with Crippen LogP contribution in [0.5, 0.6) is 5.75 Å². The van der Waals surface area contributed by atoms with Gasteiger partial charge in [0.2, 0.25) is 5.91 Å². The van der Waals surface area contributed by atoms with Gasteiger partial charge in [-0.05, 0) is 18.9 Å². The van der Waals surface area contributed by atoms with Gasteiger partial charge < -0.3 is 15.2 Å². The average Bonchev–Trinajstić information content (AvgIpc) is 3.13. The number of ether oxygens (including phenoxy) is 1. The van der Waals surface area contributed by atoms with E-state index in [4.69, 9.17) is 9.84 Å². The van der Waals surface area contributed by atoms with Crippen LogP contribution in [0.15, 0.2) is 18.5 Å². The standard InChI is InChI=1S/C12H14N2O4/c15-11(14-9-1-2-9)3-4-18-10-5-8(12(16)17)6-13-7-10/h5-7,9H,1-4H2,(H,14,15)(H,16,17). The zero-order valence-corrected chi connectivity index (χ0v) is 9.76. The lowest BCUT2D eigenvalue weighted by molar-refractivity contribution is -0.121. The molecule has 2 N–H and O–H groups in total.